The Labute approximate surface area is 197 Å². The van der Waals surface area contributed by atoms with Gasteiger partial charge in [-0.25, -0.2) is 12.8 Å². The summed E-state index contributed by atoms with van der Waals surface area (Å²) in [6, 6.07) is 11.2. The van der Waals surface area contributed by atoms with E-state index in [1.54, 1.807) is 34.6 Å². The van der Waals surface area contributed by atoms with Crippen LogP contribution in [0.1, 0.15) is 51.2 Å². The zero-order chi connectivity index (χ0) is 24.0. The van der Waals surface area contributed by atoms with Crippen LogP contribution in [0.25, 0.3) is 0 Å². The fourth-order valence-electron chi connectivity index (χ4n) is 3.84. The molecule has 0 atom stereocenters. The van der Waals surface area contributed by atoms with Crippen LogP contribution in [0.15, 0.2) is 47.4 Å². The molecule has 8 heteroatoms. The normalized spacial score (nSPS) is 13.8. The number of hydrogen-bond donors (Lipinski definition) is 2. The number of nitrogens with zero attached hydrogens (tertiary/aromatic N) is 2. The van der Waals surface area contributed by atoms with Gasteiger partial charge < -0.3 is 10.2 Å². The molecule has 180 valence electrons. The van der Waals surface area contributed by atoms with Gasteiger partial charge in [0.25, 0.3) is 0 Å². The van der Waals surface area contributed by atoms with Crippen molar-refractivity contribution in [2.45, 2.75) is 51.5 Å². The quantitative estimate of drug-likeness (QED) is 0.338. The lowest BCUT2D eigenvalue weighted by Gasteiger charge is -2.26. The molecule has 2 N–H and O–H groups in total. The number of rotatable bonds is 12. The van der Waals surface area contributed by atoms with Gasteiger partial charge in [0.15, 0.2) is 0 Å². The van der Waals surface area contributed by atoms with E-state index in [9.17, 15) is 12.8 Å². The minimum Gasteiger partial charge on any atom is -0.380 e. The summed E-state index contributed by atoms with van der Waals surface area (Å²) < 4.78 is 41.8. The van der Waals surface area contributed by atoms with Crippen molar-refractivity contribution in [2.24, 2.45) is 5.92 Å². The molecule has 0 radical (unpaired) electrons. The number of halogens is 1. The molecule has 0 heterocycles. The largest absolute Gasteiger partial charge is 0.380 e. The second-order valence-corrected chi connectivity index (χ2v) is 10.5. The monoisotopic (exact) mass is 474 g/mol. The predicted molar refractivity (Wildman–Crippen MR) is 132 cm³/mol. The van der Waals surface area contributed by atoms with E-state index >= 15 is 0 Å². The SMILES string of the molecule is CCCN(CC1CC1)S(=O)(=O)c1ccc(NCc2ccc(F)cc2)c(C(=N)N(CC)CC)c1. The van der Waals surface area contributed by atoms with Gasteiger partial charge in [-0.15, -0.1) is 0 Å². The second-order valence-electron chi connectivity index (χ2n) is 8.51. The Balaban J connectivity index is 1.94. The highest BCUT2D eigenvalue weighted by Crippen LogP contribution is 2.32. The Morgan fingerprint density at radius 3 is 2.33 bits per heavy atom. The number of benzene rings is 2. The molecule has 2 aromatic rings. The molecular weight excluding hydrogens is 439 g/mol. The standard InChI is InChI=1S/C25H35FN4O2S/c1-4-15-30(18-20-7-8-20)33(31,32)22-13-14-24(23(16-22)25(27)29(5-2)6-3)28-17-19-9-11-21(26)12-10-19/h9-14,16,20,27-28H,4-8,15,17-18H2,1-3H3. The lowest BCUT2D eigenvalue weighted by Crippen LogP contribution is -2.34. The van der Waals surface area contributed by atoms with Gasteiger partial charge in [-0.05, 0) is 74.9 Å². The van der Waals surface area contributed by atoms with E-state index in [-0.39, 0.29) is 16.5 Å². The summed E-state index contributed by atoms with van der Waals surface area (Å²) in [5, 5.41) is 12.1. The van der Waals surface area contributed by atoms with E-state index in [0.717, 1.165) is 24.8 Å². The van der Waals surface area contributed by atoms with Crippen LogP contribution >= 0.6 is 0 Å². The smallest absolute Gasteiger partial charge is 0.243 e. The molecule has 1 aliphatic rings. The molecule has 1 saturated carbocycles. The first kappa shape index (κ1) is 25.2. The number of anilines is 1. The van der Waals surface area contributed by atoms with Crippen LogP contribution in [0.2, 0.25) is 0 Å². The molecule has 1 aliphatic carbocycles. The lowest BCUT2D eigenvalue weighted by molar-refractivity contribution is 0.395. The highest BCUT2D eigenvalue weighted by molar-refractivity contribution is 7.89. The summed E-state index contributed by atoms with van der Waals surface area (Å²) >= 11 is 0. The topological polar surface area (TPSA) is 76.5 Å². The zero-order valence-electron chi connectivity index (χ0n) is 19.8. The molecule has 1 fully saturated rings. The highest BCUT2D eigenvalue weighted by Gasteiger charge is 2.32. The van der Waals surface area contributed by atoms with E-state index in [1.807, 2.05) is 25.7 Å². The van der Waals surface area contributed by atoms with Gasteiger partial charge in [0.1, 0.15) is 11.7 Å². The van der Waals surface area contributed by atoms with Crippen molar-refractivity contribution in [2.75, 3.05) is 31.5 Å². The molecule has 3 rings (SSSR count). The maximum Gasteiger partial charge on any atom is 0.243 e. The average Bonchev–Trinajstić information content (AvgIpc) is 3.63. The van der Waals surface area contributed by atoms with Crippen LogP contribution in [0.3, 0.4) is 0 Å². The van der Waals surface area contributed by atoms with E-state index in [1.165, 1.54) is 12.1 Å². The number of sulfonamides is 1. The molecule has 33 heavy (non-hydrogen) atoms. The van der Waals surface area contributed by atoms with Crippen molar-refractivity contribution in [3.8, 4) is 0 Å². The van der Waals surface area contributed by atoms with Crippen molar-refractivity contribution < 1.29 is 12.8 Å². The summed E-state index contributed by atoms with van der Waals surface area (Å²) in [5.74, 6) is 0.444. The molecule has 2 aromatic carbocycles. The Morgan fingerprint density at radius 2 is 1.76 bits per heavy atom. The van der Waals surface area contributed by atoms with Gasteiger partial charge in [0, 0.05) is 44.0 Å². The lowest BCUT2D eigenvalue weighted by atomic mass is 10.1. The van der Waals surface area contributed by atoms with Gasteiger partial charge in [0.2, 0.25) is 10.0 Å². The molecular formula is C25H35FN4O2S. The van der Waals surface area contributed by atoms with Gasteiger partial charge in [0.05, 0.1) is 4.90 Å². The zero-order valence-corrected chi connectivity index (χ0v) is 20.6. The van der Waals surface area contributed by atoms with Crippen molar-refractivity contribution in [1.29, 1.82) is 5.41 Å². The molecule has 0 saturated heterocycles. The Bertz CT molecular complexity index is 1050. The van der Waals surface area contributed by atoms with Crippen LogP contribution in [-0.4, -0.2) is 49.6 Å². The highest BCUT2D eigenvalue weighted by atomic mass is 32.2. The molecule has 0 amide bonds. The third kappa shape index (κ3) is 6.32. The van der Waals surface area contributed by atoms with Gasteiger partial charge in [-0.3, -0.25) is 5.41 Å². The molecule has 0 aliphatic heterocycles. The maximum absolute atomic E-state index is 13.5. The summed E-state index contributed by atoms with van der Waals surface area (Å²) in [6.45, 7) is 8.72. The first-order chi connectivity index (χ1) is 15.8. The van der Waals surface area contributed by atoms with Crippen LogP contribution in [0.4, 0.5) is 10.1 Å². The Morgan fingerprint density at radius 1 is 1.09 bits per heavy atom. The van der Waals surface area contributed by atoms with Crippen molar-refractivity contribution in [1.82, 2.24) is 9.21 Å². The van der Waals surface area contributed by atoms with Gasteiger partial charge in [-0.2, -0.15) is 4.31 Å². The Hall–Kier alpha value is -2.45. The fourth-order valence-corrected chi connectivity index (χ4v) is 5.48. The summed E-state index contributed by atoms with van der Waals surface area (Å²) in [4.78, 5) is 2.11. The van der Waals surface area contributed by atoms with Crippen molar-refractivity contribution >= 4 is 21.5 Å². The number of amidine groups is 1. The van der Waals surface area contributed by atoms with E-state index in [2.05, 4.69) is 5.32 Å². The van der Waals surface area contributed by atoms with E-state index in [0.29, 0.717) is 49.9 Å². The molecule has 6 nitrogen and oxygen atoms in total. The Kier molecular flexibility index (Phi) is 8.48. The minimum atomic E-state index is -3.65. The minimum absolute atomic E-state index is 0.218. The first-order valence-electron chi connectivity index (χ1n) is 11.8. The maximum atomic E-state index is 13.5. The van der Waals surface area contributed by atoms with Crippen LogP contribution in [0, 0.1) is 17.1 Å². The molecule has 0 aromatic heterocycles. The van der Waals surface area contributed by atoms with Crippen molar-refractivity contribution in [3.63, 3.8) is 0 Å². The summed E-state index contributed by atoms with van der Waals surface area (Å²) in [5.41, 5.74) is 2.12. The fraction of sp³-hybridized carbons (Fsp3) is 0.480. The summed E-state index contributed by atoms with van der Waals surface area (Å²) in [7, 11) is -3.65. The van der Waals surface area contributed by atoms with E-state index < -0.39 is 10.0 Å². The third-order valence-corrected chi connectivity index (χ3v) is 7.85. The van der Waals surface area contributed by atoms with E-state index in [4.69, 9.17) is 5.41 Å². The average molecular weight is 475 g/mol. The van der Waals surface area contributed by atoms with Crippen LogP contribution in [0.5, 0.6) is 0 Å². The van der Waals surface area contributed by atoms with Gasteiger partial charge >= 0.3 is 0 Å². The predicted octanol–water partition coefficient (Wildman–Crippen LogP) is 4.92. The van der Waals surface area contributed by atoms with Crippen molar-refractivity contribution in [3.05, 3.63) is 59.4 Å². The number of hydrogen-bond acceptors (Lipinski definition) is 4. The number of nitrogens with one attached hydrogen (secondary N) is 2. The second kappa shape index (κ2) is 11.1. The molecule has 0 bridgehead atoms. The third-order valence-electron chi connectivity index (χ3n) is 5.99. The molecule has 0 unspecified atom stereocenters. The van der Waals surface area contributed by atoms with Gasteiger partial charge in [-0.1, -0.05) is 19.1 Å². The first-order valence-corrected chi connectivity index (χ1v) is 13.2. The summed E-state index contributed by atoms with van der Waals surface area (Å²) in [6.07, 6.45) is 2.92. The molecule has 0 spiro atoms. The van der Waals surface area contributed by atoms with Crippen LogP contribution in [-0.2, 0) is 16.6 Å². The van der Waals surface area contributed by atoms with Crippen LogP contribution < -0.4 is 5.32 Å².